The third-order valence-corrected chi connectivity index (χ3v) is 3.48. The zero-order valence-corrected chi connectivity index (χ0v) is 10.8. The molecule has 0 radical (unpaired) electrons. The Kier molecular flexibility index (Phi) is 3.73. The molecule has 0 atom stereocenters. The maximum absolute atomic E-state index is 11.5. The fourth-order valence-electron chi connectivity index (χ4n) is 1.72. The molecule has 6 heteroatoms. The number of phenols is 1. The Morgan fingerprint density at radius 3 is 2.11 bits per heavy atom. The summed E-state index contributed by atoms with van der Waals surface area (Å²) in [5, 5.41) is 9.71. The van der Waals surface area contributed by atoms with Gasteiger partial charge in [0.15, 0.2) is 0 Å². The molecule has 100 valence electrons. The van der Waals surface area contributed by atoms with Gasteiger partial charge in [-0.25, -0.2) is 4.31 Å². The lowest BCUT2D eigenvalue weighted by molar-refractivity contribution is 0.464. The fraction of sp³-hybridized carbons (Fsp3) is 0.0769. The average Bonchev–Trinajstić information content (AvgIpc) is 2.37. The van der Waals surface area contributed by atoms with Crippen LogP contribution in [-0.4, -0.2) is 18.1 Å². The Morgan fingerprint density at radius 2 is 1.53 bits per heavy atom. The van der Waals surface area contributed by atoms with Crippen molar-refractivity contribution in [1.29, 1.82) is 0 Å². The molecule has 2 aromatic carbocycles. The van der Waals surface area contributed by atoms with Gasteiger partial charge in [0.1, 0.15) is 5.75 Å². The topological polar surface area (TPSA) is 77.8 Å². The first kappa shape index (κ1) is 13.4. The lowest BCUT2D eigenvalue weighted by Gasteiger charge is -2.21. The molecule has 0 fully saturated rings. The van der Waals surface area contributed by atoms with Gasteiger partial charge in [0.05, 0.1) is 12.2 Å². The minimum absolute atomic E-state index is 0.0360. The molecule has 0 amide bonds. The molecule has 19 heavy (non-hydrogen) atoms. The van der Waals surface area contributed by atoms with E-state index in [0.717, 1.165) is 4.31 Å². The van der Waals surface area contributed by atoms with Gasteiger partial charge in [0, 0.05) is 0 Å². The number of hydrogen-bond donors (Lipinski definition) is 2. The number of nitrogens with zero attached hydrogens (tertiary/aromatic N) is 1. The molecular weight excluding hydrogens is 266 g/mol. The van der Waals surface area contributed by atoms with Crippen LogP contribution in [0.2, 0.25) is 0 Å². The van der Waals surface area contributed by atoms with Crippen LogP contribution in [0.5, 0.6) is 5.75 Å². The summed E-state index contributed by atoms with van der Waals surface area (Å²) in [6.45, 7) is -0.0583. The molecule has 2 N–H and O–H groups in total. The summed E-state index contributed by atoms with van der Waals surface area (Å²) >= 11 is 0. The van der Waals surface area contributed by atoms with E-state index >= 15 is 0 Å². The van der Waals surface area contributed by atoms with Crippen molar-refractivity contribution in [3.8, 4) is 5.75 Å². The molecule has 0 aliphatic carbocycles. The molecule has 0 saturated heterocycles. The molecule has 2 rings (SSSR count). The van der Waals surface area contributed by atoms with Gasteiger partial charge in [-0.2, -0.15) is 8.42 Å². The summed E-state index contributed by atoms with van der Waals surface area (Å²) in [5.41, 5.74) is 0.734. The molecule has 0 aromatic heterocycles. The van der Waals surface area contributed by atoms with Crippen molar-refractivity contribution in [3.63, 3.8) is 0 Å². The Balaban J connectivity index is 2.41. The van der Waals surface area contributed by atoms with E-state index in [9.17, 15) is 18.1 Å². The fourth-order valence-corrected chi connectivity index (χ4v) is 2.43. The molecule has 0 heterocycles. The summed E-state index contributed by atoms with van der Waals surface area (Å²) in [6.07, 6.45) is 0. The monoisotopic (exact) mass is 279 g/mol. The van der Waals surface area contributed by atoms with Crippen molar-refractivity contribution in [2.45, 2.75) is 6.54 Å². The van der Waals surface area contributed by atoms with E-state index < -0.39 is 10.3 Å². The van der Waals surface area contributed by atoms with Crippen LogP contribution in [0.3, 0.4) is 0 Å². The largest absolute Gasteiger partial charge is 0.506 e. The molecule has 0 unspecified atom stereocenters. The van der Waals surface area contributed by atoms with Gasteiger partial charge in [-0.05, 0) is 17.7 Å². The lowest BCUT2D eigenvalue weighted by Crippen LogP contribution is -2.29. The molecule has 0 aliphatic heterocycles. The Morgan fingerprint density at radius 1 is 0.947 bits per heavy atom. The van der Waals surface area contributed by atoms with Crippen LogP contribution in [0.15, 0.2) is 54.6 Å². The predicted octanol–water partition coefficient (Wildman–Crippen LogP) is 2.20. The van der Waals surface area contributed by atoms with E-state index in [1.54, 1.807) is 42.5 Å². The zero-order valence-electron chi connectivity index (χ0n) is 9.97. The van der Waals surface area contributed by atoms with Crippen molar-refractivity contribution in [2.75, 3.05) is 4.31 Å². The average molecular weight is 279 g/mol. The van der Waals surface area contributed by atoms with E-state index in [1.807, 2.05) is 0 Å². The van der Waals surface area contributed by atoms with Gasteiger partial charge in [-0.1, -0.05) is 42.5 Å². The summed E-state index contributed by atoms with van der Waals surface area (Å²) in [6, 6.07) is 14.7. The molecule has 2 aromatic rings. The highest BCUT2D eigenvalue weighted by Crippen LogP contribution is 2.29. The Hall–Kier alpha value is -2.05. The van der Waals surface area contributed by atoms with Crippen LogP contribution in [0, 0.1) is 0 Å². The van der Waals surface area contributed by atoms with Gasteiger partial charge in [0.25, 0.3) is 0 Å². The van der Waals surface area contributed by atoms with E-state index in [1.165, 1.54) is 12.1 Å². The second kappa shape index (κ2) is 5.29. The SMILES string of the molecule is O=S(=O)(O)N(Cc1ccccc1)c1ccccc1O. The highest BCUT2D eigenvalue weighted by Gasteiger charge is 2.22. The Labute approximate surface area is 111 Å². The van der Waals surface area contributed by atoms with Crippen LogP contribution < -0.4 is 4.31 Å². The van der Waals surface area contributed by atoms with Gasteiger partial charge in [-0.3, -0.25) is 4.55 Å². The molecule has 5 nitrogen and oxygen atoms in total. The van der Waals surface area contributed by atoms with E-state index in [0.29, 0.717) is 5.56 Å². The van der Waals surface area contributed by atoms with E-state index in [4.69, 9.17) is 0 Å². The van der Waals surface area contributed by atoms with Crippen molar-refractivity contribution in [2.24, 2.45) is 0 Å². The van der Waals surface area contributed by atoms with E-state index in [2.05, 4.69) is 0 Å². The molecule has 0 aliphatic rings. The van der Waals surface area contributed by atoms with Crippen LogP contribution in [0.1, 0.15) is 5.56 Å². The number of phenolic OH excluding ortho intramolecular Hbond substituents is 1. The summed E-state index contributed by atoms with van der Waals surface area (Å²) in [4.78, 5) is 0. The smallest absolute Gasteiger partial charge is 0.360 e. The third kappa shape index (κ3) is 3.24. The third-order valence-electron chi connectivity index (χ3n) is 2.60. The summed E-state index contributed by atoms with van der Waals surface area (Å²) < 4.78 is 33.0. The van der Waals surface area contributed by atoms with Crippen LogP contribution in [-0.2, 0) is 16.8 Å². The van der Waals surface area contributed by atoms with E-state index in [-0.39, 0.29) is 18.0 Å². The maximum atomic E-state index is 11.5. The number of hydrogen-bond acceptors (Lipinski definition) is 3. The standard InChI is InChI=1S/C13H13NO4S/c15-13-9-5-4-8-12(13)14(19(16,17)18)10-11-6-2-1-3-7-11/h1-9,15H,10H2,(H,16,17,18). The van der Waals surface area contributed by atoms with Gasteiger partial charge in [0.2, 0.25) is 0 Å². The number of rotatable bonds is 4. The Bertz CT molecular complexity index is 655. The molecule has 0 saturated carbocycles. The minimum Gasteiger partial charge on any atom is -0.506 e. The van der Waals surface area contributed by atoms with Crippen molar-refractivity contribution in [1.82, 2.24) is 0 Å². The van der Waals surface area contributed by atoms with Crippen molar-refractivity contribution in [3.05, 3.63) is 60.2 Å². The highest BCUT2D eigenvalue weighted by atomic mass is 32.2. The van der Waals surface area contributed by atoms with Gasteiger partial charge in [-0.15, -0.1) is 0 Å². The minimum atomic E-state index is -4.47. The molecule has 0 spiro atoms. The quantitative estimate of drug-likeness (QED) is 0.841. The molecular formula is C13H13NO4S. The molecule has 0 bridgehead atoms. The second-order valence-corrected chi connectivity index (χ2v) is 5.30. The number of benzene rings is 2. The van der Waals surface area contributed by atoms with Crippen molar-refractivity contribution >= 4 is 16.0 Å². The summed E-state index contributed by atoms with van der Waals surface area (Å²) in [7, 11) is -4.47. The maximum Gasteiger partial charge on any atom is 0.360 e. The number of anilines is 1. The highest BCUT2D eigenvalue weighted by molar-refractivity contribution is 7.87. The van der Waals surface area contributed by atoms with Crippen LogP contribution in [0.4, 0.5) is 5.69 Å². The number of para-hydroxylation sites is 2. The van der Waals surface area contributed by atoms with Crippen LogP contribution >= 0.6 is 0 Å². The van der Waals surface area contributed by atoms with Crippen LogP contribution in [0.25, 0.3) is 0 Å². The normalized spacial score (nSPS) is 11.2. The first-order valence-corrected chi connectivity index (χ1v) is 6.95. The predicted molar refractivity (Wildman–Crippen MR) is 72.3 cm³/mol. The second-order valence-electron chi connectivity index (χ2n) is 3.96. The zero-order chi connectivity index (χ0) is 13.9. The van der Waals surface area contributed by atoms with Gasteiger partial charge >= 0.3 is 10.3 Å². The summed E-state index contributed by atoms with van der Waals surface area (Å²) in [5.74, 6) is -0.212. The number of aromatic hydroxyl groups is 1. The lowest BCUT2D eigenvalue weighted by atomic mass is 10.2. The first-order chi connectivity index (χ1) is 8.98. The first-order valence-electron chi connectivity index (χ1n) is 5.55. The van der Waals surface area contributed by atoms with Gasteiger partial charge < -0.3 is 5.11 Å². The van der Waals surface area contributed by atoms with Crippen molar-refractivity contribution < 1.29 is 18.1 Å².